The molecule has 2 amide bonds. The minimum Gasteiger partial charge on any atom is -0.496 e. The number of fused-ring (bicyclic) bond motifs is 1. The van der Waals surface area contributed by atoms with Crippen LogP contribution in [0.5, 0.6) is 5.75 Å². The van der Waals surface area contributed by atoms with E-state index in [1.165, 1.54) is 10.9 Å². The van der Waals surface area contributed by atoms with Crippen LogP contribution >= 0.6 is 11.3 Å². The summed E-state index contributed by atoms with van der Waals surface area (Å²) >= 11 is 1.72. The van der Waals surface area contributed by atoms with Crippen molar-refractivity contribution in [1.29, 1.82) is 0 Å². The number of hydrogen-bond acceptors (Lipinski definition) is 5. The minimum absolute atomic E-state index is 0.0432. The van der Waals surface area contributed by atoms with Crippen molar-refractivity contribution in [2.24, 2.45) is 0 Å². The molecule has 1 aromatic heterocycles. The van der Waals surface area contributed by atoms with Gasteiger partial charge < -0.3 is 14.5 Å². The van der Waals surface area contributed by atoms with Crippen LogP contribution < -0.4 is 4.74 Å². The molecule has 5 rings (SSSR count). The van der Waals surface area contributed by atoms with Gasteiger partial charge in [0.25, 0.3) is 5.91 Å². The van der Waals surface area contributed by atoms with Gasteiger partial charge in [-0.15, -0.1) is 11.3 Å². The molecule has 1 saturated heterocycles. The average Bonchev–Trinajstić information content (AvgIpc) is 3.23. The van der Waals surface area contributed by atoms with Crippen LogP contribution in [0.2, 0.25) is 0 Å². The zero-order valence-corrected chi connectivity index (χ0v) is 21.2. The number of hydrogen-bond donors (Lipinski definition) is 0. The first-order valence-electron chi connectivity index (χ1n) is 12.3. The van der Waals surface area contributed by atoms with Crippen LogP contribution in [0.4, 0.5) is 4.39 Å². The van der Waals surface area contributed by atoms with E-state index in [4.69, 9.17) is 4.74 Å². The van der Waals surface area contributed by atoms with Gasteiger partial charge >= 0.3 is 0 Å². The van der Waals surface area contributed by atoms with E-state index < -0.39 is 0 Å². The Kier molecular flexibility index (Phi) is 7.34. The maximum atomic E-state index is 14.1. The third kappa shape index (κ3) is 5.01. The zero-order chi connectivity index (χ0) is 25.1. The van der Waals surface area contributed by atoms with Crippen LogP contribution in [0, 0.1) is 5.82 Å². The topological polar surface area (TPSA) is 53.1 Å². The molecule has 3 heterocycles. The second-order valence-electron chi connectivity index (χ2n) is 9.20. The van der Waals surface area contributed by atoms with Crippen LogP contribution in [0.25, 0.3) is 0 Å². The van der Waals surface area contributed by atoms with E-state index in [1.54, 1.807) is 47.6 Å². The van der Waals surface area contributed by atoms with E-state index in [0.717, 1.165) is 24.1 Å². The number of rotatable bonds is 5. The van der Waals surface area contributed by atoms with Crippen molar-refractivity contribution in [2.45, 2.75) is 18.9 Å². The Bertz CT molecular complexity index is 1250. The van der Waals surface area contributed by atoms with Gasteiger partial charge in [-0.3, -0.25) is 14.5 Å². The number of thiophene rings is 1. The highest BCUT2D eigenvalue weighted by Crippen LogP contribution is 2.37. The van der Waals surface area contributed by atoms with Crippen molar-refractivity contribution >= 4 is 23.2 Å². The Labute approximate surface area is 214 Å². The highest BCUT2D eigenvalue weighted by Gasteiger charge is 2.33. The van der Waals surface area contributed by atoms with Crippen molar-refractivity contribution in [2.75, 3.05) is 46.4 Å². The molecule has 0 N–H and O–H groups in total. The van der Waals surface area contributed by atoms with Gasteiger partial charge in [-0.25, -0.2) is 4.39 Å². The number of carbonyl (C=O) groups excluding carboxylic acids is 2. The molecule has 0 aliphatic carbocycles. The summed E-state index contributed by atoms with van der Waals surface area (Å²) in [5, 5.41) is 2.07. The summed E-state index contributed by atoms with van der Waals surface area (Å²) in [7, 11) is 1.56. The minimum atomic E-state index is -0.270. The molecule has 0 spiro atoms. The Hall–Kier alpha value is -3.23. The number of halogens is 1. The van der Waals surface area contributed by atoms with Crippen LogP contribution in [0.1, 0.15) is 38.8 Å². The molecule has 2 aliphatic heterocycles. The smallest absolute Gasteiger partial charge is 0.257 e. The lowest BCUT2D eigenvalue weighted by atomic mass is 9.93. The highest BCUT2D eigenvalue weighted by molar-refractivity contribution is 7.10. The molecule has 1 atom stereocenters. The van der Waals surface area contributed by atoms with E-state index in [9.17, 15) is 14.0 Å². The van der Waals surface area contributed by atoms with E-state index in [2.05, 4.69) is 16.3 Å². The number of carbonyl (C=O) groups is 2. The summed E-state index contributed by atoms with van der Waals surface area (Å²) in [6.07, 6.45) is 1.60. The third-order valence-corrected chi connectivity index (χ3v) is 8.04. The standard InChI is InChI=1S/C28H30FN3O3S/c1-35-24-9-3-2-8-22(24)28(34)31-13-5-12-30(15-16-31)26(33)19-32-14-10-25-23(11-17-36-25)27(32)20-6-4-7-21(29)18-20/h2-4,6-9,11,17-18,27H,5,10,12-16,19H2,1H3/t27-/m1/s1. The number of benzene rings is 2. The monoisotopic (exact) mass is 507 g/mol. The SMILES string of the molecule is COc1ccccc1C(=O)N1CCCN(C(=O)CN2CCc3sccc3[C@H]2c2cccc(F)c2)CC1. The van der Waals surface area contributed by atoms with Gasteiger partial charge in [0, 0.05) is 37.6 Å². The third-order valence-electron chi connectivity index (χ3n) is 7.04. The first kappa shape index (κ1) is 24.5. The van der Waals surface area contributed by atoms with E-state index >= 15 is 0 Å². The summed E-state index contributed by atoms with van der Waals surface area (Å²) in [5.41, 5.74) is 2.57. The Balaban J connectivity index is 1.28. The van der Waals surface area contributed by atoms with Crippen molar-refractivity contribution in [3.63, 3.8) is 0 Å². The molecular weight excluding hydrogens is 477 g/mol. The predicted molar refractivity (Wildman–Crippen MR) is 138 cm³/mol. The highest BCUT2D eigenvalue weighted by atomic mass is 32.1. The van der Waals surface area contributed by atoms with Crippen LogP contribution in [0.15, 0.2) is 60.0 Å². The van der Waals surface area contributed by atoms with Gasteiger partial charge in [0.2, 0.25) is 5.91 Å². The fourth-order valence-electron chi connectivity index (χ4n) is 5.24. The molecule has 1 fully saturated rings. The molecule has 0 bridgehead atoms. The molecule has 0 unspecified atom stereocenters. The normalized spacial score (nSPS) is 18.4. The molecule has 36 heavy (non-hydrogen) atoms. The van der Waals surface area contributed by atoms with Crippen molar-refractivity contribution < 1.29 is 18.7 Å². The summed E-state index contributed by atoms with van der Waals surface area (Å²) < 4.78 is 19.5. The zero-order valence-electron chi connectivity index (χ0n) is 20.4. The lowest BCUT2D eigenvalue weighted by Gasteiger charge is -2.37. The lowest BCUT2D eigenvalue weighted by molar-refractivity contribution is -0.132. The molecule has 8 heteroatoms. The molecule has 0 radical (unpaired) electrons. The molecule has 2 aromatic carbocycles. The molecule has 188 valence electrons. The number of amides is 2. The van der Waals surface area contributed by atoms with E-state index in [0.29, 0.717) is 43.9 Å². The maximum Gasteiger partial charge on any atom is 0.257 e. The van der Waals surface area contributed by atoms with Gasteiger partial charge in [0.15, 0.2) is 0 Å². The molecule has 2 aliphatic rings. The van der Waals surface area contributed by atoms with Crippen LogP contribution in [-0.4, -0.2) is 72.9 Å². The molecule has 6 nitrogen and oxygen atoms in total. The maximum absolute atomic E-state index is 14.1. The van der Waals surface area contributed by atoms with E-state index in [1.807, 2.05) is 23.1 Å². The predicted octanol–water partition coefficient (Wildman–Crippen LogP) is 4.22. The van der Waals surface area contributed by atoms with Gasteiger partial charge in [0.1, 0.15) is 11.6 Å². The van der Waals surface area contributed by atoms with Crippen LogP contribution in [0.3, 0.4) is 0 Å². The first-order valence-corrected chi connectivity index (χ1v) is 13.2. The quantitative estimate of drug-likeness (QED) is 0.519. The Morgan fingerprint density at radius 2 is 1.81 bits per heavy atom. The lowest BCUT2D eigenvalue weighted by Crippen LogP contribution is -2.45. The number of para-hydroxylation sites is 1. The summed E-state index contributed by atoms with van der Waals surface area (Å²) in [6, 6.07) is 15.9. The van der Waals surface area contributed by atoms with Crippen molar-refractivity contribution in [3.05, 3.63) is 87.4 Å². The average molecular weight is 508 g/mol. The van der Waals surface area contributed by atoms with Gasteiger partial charge in [0.05, 0.1) is 25.3 Å². The fourth-order valence-corrected chi connectivity index (χ4v) is 6.14. The van der Waals surface area contributed by atoms with Crippen LogP contribution in [-0.2, 0) is 11.2 Å². The van der Waals surface area contributed by atoms with Gasteiger partial charge in [-0.05, 0) is 59.7 Å². The number of methoxy groups -OCH3 is 1. The Morgan fingerprint density at radius 1 is 1.00 bits per heavy atom. The summed E-state index contributed by atoms with van der Waals surface area (Å²) in [5.74, 6) is 0.255. The Morgan fingerprint density at radius 3 is 2.64 bits per heavy atom. The van der Waals surface area contributed by atoms with E-state index in [-0.39, 0.29) is 30.2 Å². The first-order chi connectivity index (χ1) is 17.5. The molecule has 0 saturated carbocycles. The summed E-state index contributed by atoms with van der Waals surface area (Å²) in [4.78, 5) is 33.7. The second kappa shape index (κ2) is 10.8. The van der Waals surface area contributed by atoms with Crippen molar-refractivity contribution in [1.82, 2.24) is 14.7 Å². The van der Waals surface area contributed by atoms with Gasteiger partial charge in [-0.1, -0.05) is 24.3 Å². The van der Waals surface area contributed by atoms with Gasteiger partial charge in [-0.2, -0.15) is 0 Å². The summed E-state index contributed by atoms with van der Waals surface area (Å²) in [6.45, 7) is 3.17. The fraction of sp³-hybridized carbons (Fsp3) is 0.357. The van der Waals surface area contributed by atoms with Crippen molar-refractivity contribution in [3.8, 4) is 5.75 Å². The number of nitrogens with zero attached hydrogens (tertiary/aromatic N) is 3. The second-order valence-corrected chi connectivity index (χ2v) is 10.2. The molecular formula is C28H30FN3O3S. The largest absolute Gasteiger partial charge is 0.496 e. The molecule has 3 aromatic rings. The number of ether oxygens (including phenoxy) is 1.